The van der Waals surface area contributed by atoms with E-state index in [0.717, 1.165) is 28.0 Å². The third kappa shape index (κ3) is 2.25. The smallest absolute Gasteiger partial charge is 0.120 e. The molecule has 0 aliphatic rings. The molecule has 3 aromatic rings. The average Bonchev–Trinajstić information content (AvgIpc) is 2.80. The lowest BCUT2D eigenvalue weighted by Crippen LogP contribution is -1.93. The minimum absolute atomic E-state index is 0.839. The summed E-state index contributed by atoms with van der Waals surface area (Å²) in [6, 6.07) is 14.1. The first-order valence-corrected chi connectivity index (χ1v) is 6.09. The molecule has 1 heterocycles. The zero-order valence-electron chi connectivity index (χ0n) is 10.9. The first-order valence-electron chi connectivity index (χ1n) is 6.09. The highest BCUT2D eigenvalue weighted by molar-refractivity contribution is 5.83. The number of rotatable bonds is 3. The summed E-state index contributed by atoms with van der Waals surface area (Å²) in [5.74, 6) is 0.839. The summed E-state index contributed by atoms with van der Waals surface area (Å²) in [6.45, 7) is 0. The molecule has 0 spiro atoms. The Morgan fingerprint density at radius 3 is 2.79 bits per heavy atom. The number of fused-ring (bicyclic) bond motifs is 1. The Morgan fingerprint density at radius 1 is 1.11 bits per heavy atom. The fourth-order valence-corrected chi connectivity index (χ4v) is 2.09. The van der Waals surface area contributed by atoms with Gasteiger partial charge in [-0.1, -0.05) is 6.07 Å². The van der Waals surface area contributed by atoms with Crippen LogP contribution in [0.2, 0.25) is 0 Å². The maximum absolute atomic E-state index is 5.22. The molecule has 19 heavy (non-hydrogen) atoms. The van der Waals surface area contributed by atoms with E-state index in [4.69, 9.17) is 4.74 Å². The fourth-order valence-electron chi connectivity index (χ4n) is 2.09. The van der Waals surface area contributed by atoms with Crippen molar-refractivity contribution in [2.45, 2.75) is 0 Å². The van der Waals surface area contributed by atoms with Crippen molar-refractivity contribution in [2.24, 2.45) is 7.05 Å². The van der Waals surface area contributed by atoms with Crippen LogP contribution in [0.3, 0.4) is 0 Å². The number of hydrogen-bond acceptors (Lipinski definition) is 3. The first-order chi connectivity index (χ1) is 9.26. The third-order valence-corrected chi connectivity index (χ3v) is 3.11. The van der Waals surface area contributed by atoms with E-state index in [9.17, 15) is 0 Å². The van der Waals surface area contributed by atoms with Crippen LogP contribution in [0.25, 0.3) is 10.9 Å². The van der Waals surface area contributed by atoms with Crippen molar-refractivity contribution in [3.63, 3.8) is 0 Å². The Hall–Kier alpha value is -2.49. The number of ether oxygens (including phenoxy) is 1. The van der Waals surface area contributed by atoms with Gasteiger partial charge in [-0.15, -0.1) is 0 Å². The summed E-state index contributed by atoms with van der Waals surface area (Å²) in [5, 5.41) is 8.74. The first kappa shape index (κ1) is 11.6. The molecule has 3 rings (SSSR count). The van der Waals surface area contributed by atoms with Gasteiger partial charge in [0.2, 0.25) is 0 Å². The zero-order valence-corrected chi connectivity index (χ0v) is 10.9. The predicted molar refractivity (Wildman–Crippen MR) is 77.0 cm³/mol. The van der Waals surface area contributed by atoms with E-state index >= 15 is 0 Å². The van der Waals surface area contributed by atoms with E-state index in [1.807, 2.05) is 48.3 Å². The number of benzene rings is 2. The van der Waals surface area contributed by atoms with Gasteiger partial charge in [0, 0.05) is 29.9 Å². The van der Waals surface area contributed by atoms with E-state index in [1.165, 1.54) is 0 Å². The Labute approximate surface area is 111 Å². The highest BCUT2D eigenvalue weighted by Gasteiger charge is 2.02. The lowest BCUT2D eigenvalue weighted by molar-refractivity contribution is 0.415. The molecule has 0 aliphatic carbocycles. The van der Waals surface area contributed by atoms with Gasteiger partial charge in [0.15, 0.2) is 0 Å². The van der Waals surface area contributed by atoms with Crippen LogP contribution in [0, 0.1) is 0 Å². The van der Waals surface area contributed by atoms with Crippen molar-refractivity contribution in [2.75, 3.05) is 12.4 Å². The van der Waals surface area contributed by atoms with E-state index in [0.29, 0.717) is 0 Å². The van der Waals surface area contributed by atoms with Crippen molar-refractivity contribution in [3.8, 4) is 5.75 Å². The second-order valence-corrected chi connectivity index (χ2v) is 4.40. The molecule has 0 fully saturated rings. The lowest BCUT2D eigenvalue weighted by Gasteiger charge is -2.08. The molecule has 1 aromatic heterocycles. The minimum atomic E-state index is 0.839. The molecule has 1 N–H and O–H groups in total. The van der Waals surface area contributed by atoms with Crippen LogP contribution in [0.1, 0.15) is 0 Å². The number of nitrogens with zero attached hydrogens (tertiary/aromatic N) is 2. The van der Waals surface area contributed by atoms with Crippen LogP contribution in [-0.4, -0.2) is 16.9 Å². The van der Waals surface area contributed by atoms with Crippen LogP contribution < -0.4 is 10.1 Å². The van der Waals surface area contributed by atoms with Crippen molar-refractivity contribution in [3.05, 3.63) is 48.7 Å². The number of nitrogens with one attached hydrogen (secondary N) is 1. The monoisotopic (exact) mass is 253 g/mol. The van der Waals surface area contributed by atoms with Gasteiger partial charge >= 0.3 is 0 Å². The molecular weight excluding hydrogens is 238 g/mol. The summed E-state index contributed by atoms with van der Waals surface area (Å²) in [6.07, 6.45) is 1.87. The van der Waals surface area contributed by atoms with Crippen LogP contribution in [-0.2, 0) is 7.05 Å². The number of aromatic nitrogens is 2. The molecule has 96 valence electrons. The highest BCUT2D eigenvalue weighted by Crippen LogP contribution is 2.24. The van der Waals surface area contributed by atoms with Crippen molar-refractivity contribution >= 4 is 22.3 Å². The normalized spacial score (nSPS) is 10.6. The van der Waals surface area contributed by atoms with Gasteiger partial charge in [-0.25, -0.2) is 0 Å². The Balaban J connectivity index is 1.93. The molecule has 4 nitrogen and oxygen atoms in total. The number of hydrogen-bond donors (Lipinski definition) is 1. The summed E-state index contributed by atoms with van der Waals surface area (Å²) in [5.41, 5.74) is 3.14. The standard InChI is InChI=1S/C15H15N3O/c1-18-15-9-13(7-6-11(15)10-16-18)17-12-4-3-5-14(8-12)19-2/h3-10,17H,1-2H3. The Kier molecular flexibility index (Phi) is 2.83. The summed E-state index contributed by atoms with van der Waals surface area (Å²) < 4.78 is 7.08. The van der Waals surface area contributed by atoms with Gasteiger partial charge in [0.25, 0.3) is 0 Å². The van der Waals surface area contributed by atoms with Gasteiger partial charge in [-0.2, -0.15) is 5.10 Å². The van der Waals surface area contributed by atoms with Gasteiger partial charge in [0.1, 0.15) is 5.75 Å². The van der Waals surface area contributed by atoms with E-state index in [-0.39, 0.29) is 0 Å². The predicted octanol–water partition coefficient (Wildman–Crippen LogP) is 3.33. The topological polar surface area (TPSA) is 39.1 Å². The lowest BCUT2D eigenvalue weighted by atomic mass is 10.2. The molecule has 4 heteroatoms. The number of anilines is 2. The second kappa shape index (κ2) is 4.65. The van der Waals surface area contributed by atoms with E-state index in [2.05, 4.69) is 22.5 Å². The maximum Gasteiger partial charge on any atom is 0.120 e. The van der Waals surface area contributed by atoms with Gasteiger partial charge in [0.05, 0.1) is 18.8 Å². The molecule has 0 atom stereocenters. The summed E-state index contributed by atoms with van der Waals surface area (Å²) >= 11 is 0. The van der Waals surface area contributed by atoms with Crippen LogP contribution in [0.4, 0.5) is 11.4 Å². The molecule has 0 unspecified atom stereocenters. The maximum atomic E-state index is 5.22. The molecule has 0 saturated carbocycles. The van der Waals surface area contributed by atoms with Crippen LogP contribution in [0.15, 0.2) is 48.7 Å². The molecule has 0 amide bonds. The van der Waals surface area contributed by atoms with Gasteiger partial charge in [-0.3, -0.25) is 4.68 Å². The van der Waals surface area contributed by atoms with Crippen LogP contribution >= 0.6 is 0 Å². The molecular formula is C15H15N3O. The minimum Gasteiger partial charge on any atom is -0.497 e. The van der Waals surface area contributed by atoms with Crippen LogP contribution in [0.5, 0.6) is 5.75 Å². The average molecular weight is 253 g/mol. The van der Waals surface area contributed by atoms with Crippen molar-refractivity contribution < 1.29 is 4.74 Å². The second-order valence-electron chi connectivity index (χ2n) is 4.40. The van der Waals surface area contributed by atoms with Gasteiger partial charge in [-0.05, 0) is 30.3 Å². The van der Waals surface area contributed by atoms with E-state index in [1.54, 1.807) is 7.11 Å². The van der Waals surface area contributed by atoms with E-state index < -0.39 is 0 Å². The molecule has 0 aliphatic heterocycles. The fraction of sp³-hybridized carbons (Fsp3) is 0.133. The SMILES string of the molecule is COc1cccc(Nc2ccc3cnn(C)c3c2)c1. The van der Waals surface area contributed by atoms with Crippen molar-refractivity contribution in [1.82, 2.24) is 9.78 Å². The summed E-state index contributed by atoms with van der Waals surface area (Å²) in [7, 11) is 3.61. The molecule has 0 bridgehead atoms. The third-order valence-electron chi connectivity index (χ3n) is 3.11. The quantitative estimate of drug-likeness (QED) is 0.778. The number of methoxy groups -OCH3 is 1. The Morgan fingerprint density at radius 2 is 1.95 bits per heavy atom. The molecule has 0 radical (unpaired) electrons. The number of aryl methyl sites for hydroxylation is 1. The van der Waals surface area contributed by atoms with Gasteiger partial charge < -0.3 is 10.1 Å². The van der Waals surface area contributed by atoms with Crippen molar-refractivity contribution in [1.29, 1.82) is 0 Å². The summed E-state index contributed by atoms with van der Waals surface area (Å²) in [4.78, 5) is 0. The molecule has 2 aromatic carbocycles. The highest BCUT2D eigenvalue weighted by atomic mass is 16.5. The largest absolute Gasteiger partial charge is 0.497 e. The Bertz CT molecular complexity index is 718. The molecule has 0 saturated heterocycles. The zero-order chi connectivity index (χ0) is 13.2.